The van der Waals surface area contributed by atoms with Crippen LogP contribution in [0.3, 0.4) is 0 Å². The molecule has 0 unspecified atom stereocenters. The third-order valence-corrected chi connectivity index (χ3v) is 2.87. The Balaban J connectivity index is 2.05. The number of nitrogens with zero attached hydrogens (tertiary/aromatic N) is 1. The van der Waals surface area contributed by atoms with Gasteiger partial charge in [-0.3, -0.25) is 9.69 Å². The third kappa shape index (κ3) is 2.57. The van der Waals surface area contributed by atoms with Gasteiger partial charge in [0.1, 0.15) is 0 Å². The number of carboxylic acids is 1. The molecule has 3 heteroatoms. The van der Waals surface area contributed by atoms with E-state index in [9.17, 15) is 4.79 Å². The van der Waals surface area contributed by atoms with Gasteiger partial charge in [0.2, 0.25) is 0 Å². The van der Waals surface area contributed by atoms with E-state index >= 15 is 0 Å². The lowest BCUT2D eigenvalue weighted by molar-refractivity contribution is -0.138. The van der Waals surface area contributed by atoms with Crippen molar-refractivity contribution in [3.63, 3.8) is 0 Å². The second-order valence-corrected chi connectivity index (χ2v) is 3.94. The average molecular weight is 205 g/mol. The zero-order valence-corrected chi connectivity index (χ0v) is 8.65. The largest absolute Gasteiger partial charge is 0.480 e. The highest BCUT2D eigenvalue weighted by molar-refractivity contribution is 5.69. The second-order valence-electron chi connectivity index (χ2n) is 3.94. The van der Waals surface area contributed by atoms with Crippen molar-refractivity contribution in [3.05, 3.63) is 35.4 Å². The Morgan fingerprint density at radius 1 is 1.20 bits per heavy atom. The molecule has 0 atom stereocenters. The molecule has 0 aliphatic carbocycles. The van der Waals surface area contributed by atoms with Gasteiger partial charge in [0, 0.05) is 13.1 Å². The first kappa shape index (κ1) is 10.2. The minimum absolute atomic E-state index is 0.161. The standard InChI is InChI=1S/C12H15NO2/c14-12(15)9-13-7-5-10-3-1-2-4-11(10)6-8-13/h1-4H,5-9H2,(H,14,15). The van der Waals surface area contributed by atoms with Crippen LogP contribution in [0.5, 0.6) is 0 Å². The number of hydrogen-bond donors (Lipinski definition) is 1. The van der Waals surface area contributed by atoms with Crippen LogP contribution in [0, 0.1) is 0 Å². The lowest BCUT2D eigenvalue weighted by Gasteiger charge is -2.16. The van der Waals surface area contributed by atoms with Crippen LogP contribution < -0.4 is 0 Å². The molecule has 3 nitrogen and oxygen atoms in total. The maximum Gasteiger partial charge on any atom is 0.317 e. The van der Waals surface area contributed by atoms with Crippen molar-refractivity contribution in [3.8, 4) is 0 Å². The molecular weight excluding hydrogens is 190 g/mol. The van der Waals surface area contributed by atoms with E-state index in [0.29, 0.717) is 0 Å². The van der Waals surface area contributed by atoms with E-state index in [0.717, 1.165) is 25.9 Å². The summed E-state index contributed by atoms with van der Waals surface area (Å²) in [6.07, 6.45) is 1.92. The summed E-state index contributed by atoms with van der Waals surface area (Å²) in [6, 6.07) is 8.37. The van der Waals surface area contributed by atoms with Gasteiger partial charge in [-0.15, -0.1) is 0 Å². The molecule has 1 aliphatic rings. The molecular formula is C12H15NO2. The smallest absolute Gasteiger partial charge is 0.317 e. The topological polar surface area (TPSA) is 40.5 Å². The summed E-state index contributed by atoms with van der Waals surface area (Å²) in [6.45, 7) is 1.86. The average Bonchev–Trinajstić information content (AvgIpc) is 2.41. The molecule has 1 aromatic rings. The molecule has 1 N–H and O–H groups in total. The normalized spacial score (nSPS) is 16.8. The van der Waals surface area contributed by atoms with E-state index in [2.05, 4.69) is 12.1 Å². The van der Waals surface area contributed by atoms with Gasteiger partial charge >= 0.3 is 5.97 Å². The summed E-state index contributed by atoms with van der Waals surface area (Å²) in [5, 5.41) is 8.73. The summed E-state index contributed by atoms with van der Waals surface area (Å²) >= 11 is 0. The van der Waals surface area contributed by atoms with Crippen LogP contribution in [0.2, 0.25) is 0 Å². The van der Waals surface area contributed by atoms with E-state index in [1.54, 1.807) is 0 Å². The van der Waals surface area contributed by atoms with Gasteiger partial charge < -0.3 is 5.11 Å². The number of carbonyl (C=O) groups is 1. The minimum atomic E-state index is -0.735. The Bertz CT molecular complexity index is 335. The van der Waals surface area contributed by atoms with Crippen molar-refractivity contribution in [2.24, 2.45) is 0 Å². The summed E-state index contributed by atoms with van der Waals surface area (Å²) in [7, 11) is 0. The van der Waals surface area contributed by atoms with Crippen molar-refractivity contribution < 1.29 is 9.90 Å². The predicted octanol–water partition coefficient (Wildman–Crippen LogP) is 1.17. The first-order chi connectivity index (χ1) is 7.25. The minimum Gasteiger partial charge on any atom is -0.480 e. The highest BCUT2D eigenvalue weighted by Crippen LogP contribution is 2.15. The van der Waals surface area contributed by atoms with Gasteiger partial charge in [0.15, 0.2) is 0 Å². The molecule has 2 rings (SSSR count). The number of benzene rings is 1. The van der Waals surface area contributed by atoms with E-state index < -0.39 is 5.97 Å². The summed E-state index contributed by atoms with van der Waals surface area (Å²) in [4.78, 5) is 12.6. The molecule has 1 aliphatic heterocycles. The summed E-state index contributed by atoms with van der Waals surface area (Å²) in [5.74, 6) is -0.735. The highest BCUT2D eigenvalue weighted by atomic mass is 16.4. The van der Waals surface area contributed by atoms with E-state index in [1.165, 1.54) is 11.1 Å². The Kier molecular flexibility index (Phi) is 3.02. The number of carboxylic acid groups (broad SMARTS) is 1. The van der Waals surface area contributed by atoms with Crippen LogP contribution in [0.25, 0.3) is 0 Å². The van der Waals surface area contributed by atoms with E-state index in [4.69, 9.17) is 5.11 Å². The molecule has 0 fully saturated rings. The molecule has 0 amide bonds. The lowest BCUT2D eigenvalue weighted by atomic mass is 10.0. The number of aliphatic carboxylic acids is 1. The zero-order chi connectivity index (χ0) is 10.7. The molecule has 0 saturated heterocycles. The Morgan fingerprint density at radius 2 is 1.73 bits per heavy atom. The van der Waals surface area contributed by atoms with Crippen LogP contribution >= 0.6 is 0 Å². The second kappa shape index (κ2) is 4.45. The molecule has 0 radical (unpaired) electrons. The molecule has 1 heterocycles. The van der Waals surface area contributed by atoms with Crippen LogP contribution in [0.4, 0.5) is 0 Å². The van der Waals surface area contributed by atoms with Crippen LogP contribution in [0.1, 0.15) is 11.1 Å². The first-order valence-corrected chi connectivity index (χ1v) is 5.26. The fourth-order valence-electron chi connectivity index (χ4n) is 2.06. The van der Waals surface area contributed by atoms with E-state index in [1.807, 2.05) is 17.0 Å². The van der Waals surface area contributed by atoms with Crippen LogP contribution in [0.15, 0.2) is 24.3 Å². The Hall–Kier alpha value is -1.35. The Morgan fingerprint density at radius 3 is 2.20 bits per heavy atom. The van der Waals surface area contributed by atoms with Crippen LogP contribution in [-0.4, -0.2) is 35.6 Å². The quantitative estimate of drug-likeness (QED) is 0.788. The fourth-order valence-corrected chi connectivity index (χ4v) is 2.06. The van der Waals surface area contributed by atoms with Crippen molar-refractivity contribution in [1.82, 2.24) is 4.90 Å². The molecule has 0 saturated carbocycles. The van der Waals surface area contributed by atoms with Crippen molar-refractivity contribution in [2.75, 3.05) is 19.6 Å². The maximum absolute atomic E-state index is 10.6. The van der Waals surface area contributed by atoms with Crippen molar-refractivity contribution >= 4 is 5.97 Å². The van der Waals surface area contributed by atoms with Crippen molar-refractivity contribution in [2.45, 2.75) is 12.8 Å². The molecule has 0 aromatic heterocycles. The molecule has 0 bridgehead atoms. The maximum atomic E-state index is 10.6. The highest BCUT2D eigenvalue weighted by Gasteiger charge is 2.14. The monoisotopic (exact) mass is 205 g/mol. The van der Waals surface area contributed by atoms with Gasteiger partial charge in [-0.2, -0.15) is 0 Å². The molecule has 15 heavy (non-hydrogen) atoms. The summed E-state index contributed by atoms with van der Waals surface area (Å²) in [5.41, 5.74) is 2.73. The van der Waals surface area contributed by atoms with Gasteiger partial charge in [0.25, 0.3) is 0 Å². The third-order valence-electron chi connectivity index (χ3n) is 2.87. The lowest BCUT2D eigenvalue weighted by Crippen LogP contribution is -2.31. The number of hydrogen-bond acceptors (Lipinski definition) is 2. The zero-order valence-electron chi connectivity index (χ0n) is 8.65. The number of rotatable bonds is 2. The van der Waals surface area contributed by atoms with Gasteiger partial charge in [0.05, 0.1) is 6.54 Å². The SMILES string of the molecule is O=C(O)CN1CCc2ccccc2CC1. The fraction of sp³-hybridized carbons (Fsp3) is 0.417. The summed E-state index contributed by atoms with van der Waals surface area (Å²) < 4.78 is 0. The van der Waals surface area contributed by atoms with Gasteiger partial charge in [-0.05, 0) is 24.0 Å². The molecule has 1 aromatic carbocycles. The van der Waals surface area contributed by atoms with Crippen molar-refractivity contribution in [1.29, 1.82) is 0 Å². The van der Waals surface area contributed by atoms with E-state index in [-0.39, 0.29) is 6.54 Å². The Labute approximate surface area is 89.3 Å². The predicted molar refractivity (Wildman–Crippen MR) is 57.9 cm³/mol. The number of fused-ring (bicyclic) bond motifs is 1. The van der Waals surface area contributed by atoms with Gasteiger partial charge in [-0.25, -0.2) is 0 Å². The van der Waals surface area contributed by atoms with Gasteiger partial charge in [-0.1, -0.05) is 24.3 Å². The van der Waals surface area contributed by atoms with Crippen LogP contribution in [-0.2, 0) is 17.6 Å². The first-order valence-electron chi connectivity index (χ1n) is 5.26. The molecule has 0 spiro atoms. The molecule has 80 valence electrons.